The van der Waals surface area contributed by atoms with Gasteiger partial charge in [-0.3, -0.25) is 0 Å². The second-order valence-corrected chi connectivity index (χ2v) is 4.78. The summed E-state index contributed by atoms with van der Waals surface area (Å²) in [7, 11) is 1.71. The topological polar surface area (TPSA) is 56.3 Å². The molecule has 1 unspecified atom stereocenters. The largest absolute Gasteiger partial charge is 0.378 e. The van der Waals surface area contributed by atoms with Crippen molar-refractivity contribution in [3.05, 3.63) is 17.0 Å². The van der Waals surface area contributed by atoms with Crippen molar-refractivity contribution in [3.8, 4) is 0 Å². The maximum atomic E-state index is 5.95. The second kappa shape index (κ2) is 5.82. The summed E-state index contributed by atoms with van der Waals surface area (Å²) >= 11 is 5.95. The number of hydrogen-bond donors (Lipinski definition) is 1. The Balaban J connectivity index is 2.03. The van der Waals surface area contributed by atoms with Gasteiger partial charge in [0.25, 0.3) is 0 Å². The molecule has 2 rings (SSSR count). The number of aryl methyl sites for hydroxylation is 1. The predicted octanol–water partition coefficient (Wildman–Crippen LogP) is 1.91. The zero-order valence-corrected chi connectivity index (χ0v) is 11.5. The summed E-state index contributed by atoms with van der Waals surface area (Å²) in [6.07, 6.45) is 1.64. The smallest absolute Gasteiger partial charge is 0.134 e. The van der Waals surface area contributed by atoms with Crippen molar-refractivity contribution in [1.82, 2.24) is 9.97 Å². The fourth-order valence-corrected chi connectivity index (χ4v) is 2.13. The number of hydrogen-bond acceptors (Lipinski definition) is 5. The van der Waals surface area contributed by atoms with Crippen LogP contribution in [0.5, 0.6) is 0 Å². The molecular formula is C12H18ClN3O2. The summed E-state index contributed by atoms with van der Waals surface area (Å²) in [5.74, 6) is 1.47. The molecule has 100 valence electrons. The molecule has 1 atom stereocenters. The van der Waals surface area contributed by atoms with Gasteiger partial charge in [-0.25, -0.2) is 9.97 Å². The summed E-state index contributed by atoms with van der Waals surface area (Å²) in [6, 6.07) is 1.72. The van der Waals surface area contributed by atoms with E-state index in [1.54, 1.807) is 13.2 Å². The first kappa shape index (κ1) is 13.5. The Morgan fingerprint density at radius 3 is 3.00 bits per heavy atom. The molecule has 0 aliphatic carbocycles. The number of halogens is 1. The zero-order chi connectivity index (χ0) is 13.0. The van der Waals surface area contributed by atoms with Crippen LogP contribution in [-0.2, 0) is 15.9 Å². The quantitative estimate of drug-likeness (QED) is 0.829. The summed E-state index contributed by atoms with van der Waals surface area (Å²) in [4.78, 5) is 8.50. The summed E-state index contributed by atoms with van der Waals surface area (Å²) in [5.41, 5.74) is -0.260. The highest BCUT2D eigenvalue weighted by Gasteiger charge is 2.34. The third-order valence-corrected chi connectivity index (χ3v) is 3.34. The van der Waals surface area contributed by atoms with Crippen LogP contribution in [0.4, 0.5) is 5.82 Å². The van der Waals surface area contributed by atoms with Gasteiger partial charge in [0, 0.05) is 39.2 Å². The molecule has 1 aliphatic rings. The number of nitrogens with zero attached hydrogens (tertiary/aromatic N) is 2. The van der Waals surface area contributed by atoms with Gasteiger partial charge in [-0.15, -0.1) is 0 Å². The molecule has 1 aromatic rings. The van der Waals surface area contributed by atoms with Crippen molar-refractivity contribution in [2.75, 3.05) is 32.2 Å². The lowest BCUT2D eigenvalue weighted by molar-refractivity contribution is -0.00625. The van der Waals surface area contributed by atoms with Gasteiger partial charge in [-0.05, 0) is 0 Å². The first-order valence-electron chi connectivity index (χ1n) is 6.08. The molecule has 5 nitrogen and oxygen atoms in total. The van der Waals surface area contributed by atoms with E-state index in [2.05, 4.69) is 15.3 Å². The Morgan fingerprint density at radius 1 is 1.56 bits per heavy atom. The lowest BCUT2D eigenvalue weighted by Gasteiger charge is -2.26. The van der Waals surface area contributed by atoms with Crippen LogP contribution >= 0.6 is 11.6 Å². The van der Waals surface area contributed by atoms with Gasteiger partial charge < -0.3 is 14.8 Å². The molecule has 1 N–H and O–H groups in total. The Kier molecular flexibility index (Phi) is 4.37. The normalized spacial score (nSPS) is 23.3. The number of anilines is 1. The highest BCUT2D eigenvalue weighted by molar-refractivity contribution is 6.29. The molecule has 0 radical (unpaired) electrons. The Labute approximate surface area is 112 Å². The van der Waals surface area contributed by atoms with Crippen LogP contribution in [0.25, 0.3) is 0 Å². The molecule has 6 heteroatoms. The first-order chi connectivity index (χ1) is 8.67. The van der Waals surface area contributed by atoms with E-state index < -0.39 is 0 Å². The molecule has 1 aromatic heterocycles. The molecular weight excluding hydrogens is 254 g/mol. The van der Waals surface area contributed by atoms with Crippen molar-refractivity contribution in [2.24, 2.45) is 0 Å². The van der Waals surface area contributed by atoms with E-state index in [1.165, 1.54) is 0 Å². The fraction of sp³-hybridized carbons (Fsp3) is 0.667. The van der Waals surface area contributed by atoms with Crippen LogP contribution < -0.4 is 5.32 Å². The highest BCUT2D eigenvalue weighted by Crippen LogP contribution is 2.23. The second-order valence-electron chi connectivity index (χ2n) is 4.39. The van der Waals surface area contributed by atoms with E-state index in [0.29, 0.717) is 18.3 Å². The van der Waals surface area contributed by atoms with Gasteiger partial charge in [0.1, 0.15) is 22.4 Å². The maximum Gasteiger partial charge on any atom is 0.134 e. The lowest BCUT2D eigenvalue weighted by atomic mass is 10.0. The monoisotopic (exact) mass is 271 g/mol. The summed E-state index contributed by atoms with van der Waals surface area (Å²) < 4.78 is 10.9. The van der Waals surface area contributed by atoms with Gasteiger partial charge in [0.2, 0.25) is 0 Å². The maximum absolute atomic E-state index is 5.95. The summed E-state index contributed by atoms with van der Waals surface area (Å²) in [6.45, 7) is 3.99. The number of aromatic nitrogens is 2. The number of ether oxygens (including phenoxy) is 2. The van der Waals surface area contributed by atoms with Crippen LogP contribution in [0.1, 0.15) is 19.2 Å². The van der Waals surface area contributed by atoms with Crippen LogP contribution in [0.2, 0.25) is 5.15 Å². The van der Waals surface area contributed by atoms with Gasteiger partial charge in [0.05, 0.1) is 6.61 Å². The fourth-order valence-electron chi connectivity index (χ4n) is 1.93. The van der Waals surface area contributed by atoms with Crippen molar-refractivity contribution in [1.29, 1.82) is 0 Å². The van der Waals surface area contributed by atoms with E-state index in [0.717, 1.165) is 31.1 Å². The van der Waals surface area contributed by atoms with Crippen molar-refractivity contribution in [2.45, 2.75) is 25.4 Å². The van der Waals surface area contributed by atoms with E-state index in [1.807, 2.05) is 6.92 Å². The Morgan fingerprint density at radius 2 is 2.39 bits per heavy atom. The molecule has 0 bridgehead atoms. The lowest BCUT2D eigenvalue weighted by Crippen LogP contribution is -2.39. The average molecular weight is 272 g/mol. The molecule has 0 spiro atoms. The molecule has 1 aliphatic heterocycles. The van der Waals surface area contributed by atoms with Crippen molar-refractivity contribution in [3.63, 3.8) is 0 Å². The molecule has 18 heavy (non-hydrogen) atoms. The summed E-state index contributed by atoms with van der Waals surface area (Å²) in [5, 5.41) is 3.71. The van der Waals surface area contributed by atoms with E-state index in [4.69, 9.17) is 21.1 Å². The van der Waals surface area contributed by atoms with Crippen LogP contribution in [0, 0.1) is 0 Å². The number of rotatable bonds is 5. The van der Waals surface area contributed by atoms with Gasteiger partial charge in [0.15, 0.2) is 0 Å². The molecule has 1 saturated heterocycles. The minimum atomic E-state index is -0.260. The van der Waals surface area contributed by atoms with Gasteiger partial charge >= 0.3 is 0 Å². The number of nitrogens with one attached hydrogen (secondary N) is 1. The Bertz CT molecular complexity index is 408. The average Bonchev–Trinajstić information content (AvgIpc) is 2.85. The van der Waals surface area contributed by atoms with Gasteiger partial charge in [-0.1, -0.05) is 18.5 Å². The zero-order valence-electron chi connectivity index (χ0n) is 10.7. The SMILES string of the molecule is CCc1nc(Cl)cc(NCC2(OC)CCOC2)n1. The molecule has 0 aromatic carbocycles. The minimum absolute atomic E-state index is 0.260. The number of methoxy groups -OCH3 is 1. The molecule has 1 fully saturated rings. The predicted molar refractivity (Wildman–Crippen MR) is 70.1 cm³/mol. The molecule has 0 amide bonds. The van der Waals surface area contributed by atoms with Crippen LogP contribution in [0.3, 0.4) is 0 Å². The van der Waals surface area contributed by atoms with Crippen molar-refractivity contribution < 1.29 is 9.47 Å². The van der Waals surface area contributed by atoms with E-state index in [9.17, 15) is 0 Å². The Hall–Kier alpha value is -0.910. The van der Waals surface area contributed by atoms with E-state index in [-0.39, 0.29) is 5.60 Å². The first-order valence-corrected chi connectivity index (χ1v) is 6.45. The third-order valence-electron chi connectivity index (χ3n) is 3.15. The van der Waals surface area contributed by atoms with E-state index >= 15 is 0 Å². The molecule has 0 saturated carbocycles. The highest BCUT2D eigenvalue weighted by atomic mass is 35.5. The van der Waals surface area contributed by atoms with Crippen molar-refractivity contribution >= 4 is 17.4 Å². The van der Waals surface area contributed by atoms with Crippen LogP contribution in [0.15, 0.2) is 6.07 Å². The third kappa shape index (κ3) is 3.10. The standard InChI is InChI=1S/C12H18ClN3O2/c1-3-10-15-9(13)6-11(16-10)14-7-12(17-2)4-5-18-8-12/h6H,3-5,7-8H2,1-2H3,(H,14,15,16). The molecule has 2 heterocycles. The minimum Gasteiger partial charge on any atom is -0.378 e. The van der Waals surface area contributed by atoms with Gasteiger partial charge in [-0.2, -0.15) is 0 Å². The van der Waals surface area contributed by atoms with Crippen LogP contribution in [-0.4, -0.2) is 42.4 Å².